The Bertz CT molecular complexity index is 994. The molecule has 3 N–H and O–H groups in total. The lowest BCUT2D eigenvalue weighted by Crippen LogP contribution is -2.65. The fourth-order valence-electron chi connectivity index (χ4n) is 9.79. The van der Waals surface area contributed by atoms with Crippen LogP contribution in [-0.4, -0.2) is 45.6 Å². The van der Waals surface area contributed by atoms with Crippen LogP contribution in [0.4, 0.5) is 0 Å². The number of hydrogen-bond donors (Lipinski definition) is 3. The molecule has 37 heavy (non-hydrogen) atoms. The third-order valence-electron chi connectivity index (χ3n) is 11.6. The Morgan fingerprint density at radius 3 is 2.30 bits per heavy atom. The molecular weight excluding hydrogens is 468 g/mol. The lowest BCUT2D eigenvalue weighted by molar-refractivity contribution is -0.234. The summed E-state index contributed by atoms with van der Waals surface area (Å²) in [5, 5.41) is 32.9. The number of carboxylic acids is 1. The molecule has 0 spiro atoms. The summed E-state index contributed by atoms with van der Waals surface area (Å²) < 4.78 is 5.87. The minimum absolute atomic E-state index is 0.0474. The summed E-state index contributed by atoms with van der Waals surface area (Å²) in [6.07, 6.45) is 6.22. The number of carboxylic acid groups (broad SMARTS) is 1. The van der Waals surface area contributed by atoms with Crippen LogP contribution in [0, 0.1) is 39.9 Å². The van der Waals surface area contributed by atoms with E-state index < -0.39 is 24.1 Å². The van der Waals surface area contributed by atoms with Gasteiger partial charge in [-0.2, -0.15) is 0 Å². The molecule has 6 heteroatoms. The van der Waals surface area contributed by atoms with Crippen molar-refractivity contribution < 1.29 is 29.6 Å². The Kier molecular flexibility index (Phi) is 7.53. The Balaban J connectivity index is 1.82. The average molecular weight is 517 g/mol. The molecule has 6 nitrogen and oxygen atoms in total. The molecule has 0 amide bonds. The first-order valence-electron chi connectivity index (χ1n) is 14.3. The summed E-state index contributed by atoms with van der Waals surface area (Å²) in [5.41, 5.74) is 1.57. The van der Waals surface area contributed by atoms with Gasteiger partial charge in [-0.1, -0.05) is 39.3 Å². The van der Waals surface area contributed by atoms with Gasteiger partial charge in [0.2, 0.25) is 0 Å². The highest BCUT2D eigenvalue weighted by Gasteiger charge is 2.70. The molecule has 0 aromatic rings. The minimum Gasteiger partial charge on any atom is -0.478 e. The van der Waals surface area contributed by atoms with Crippen LogP contribution in [0.25, 0.3) is 0 Å². The number of aliphatic hydroxyl groups is 2. The van der Waals surface area contributed by atoms with Gasteiger partial charge in [-0.15, -0.1) is 0 Å². The van der Waals surface area contributed by atoms with Gasteiger partial charge in [-0.3, -0.25) is 4.79 Å². The molecule has 0 aromatic heterocycles. The first kappa shape index (κ1) is 28.4. The molecular formula is C31H48O6. The predicted octanol–water partition coefficient (Wildman–Crippen LogP) is 5.67. The Morgan fingerprint density at radius 2 is 1.70 bits per heavy atom. The summed E-state index contributed by atoms with van der Waals surface area (Å²) in [6, 6.07) is 0. The van der Waals surface area contributed by atoms with E-state index in [1.807, 2.05) is 19.9 Å². The maximum atomic E-state index is 12.6. The van der Waals surface area contributed by atoms with Crippen molar-refractivity contribution in [3.05, 3.63) is 22.8 Å². The zero-order valence-electron chi connectivity index (χ0n) is 23.8. The number of aliphatic hydroxyl groups excluding tert-OH is 2. The molecule has 0 aliphatic heterocycles. The van der Waals surface area contributed by atoms with E-state index in [2.05, 4.69) is 27.7 Å². The molecule has 4 saturated carbocycles. The fourth-order valence-corrected chi connectivity index (χ4v) is 9.79. The Labute approximate surface area is 222 Å². The maximum absolute atomic E-state index is 12.6. The van der Waals surface area contributed by atoms with Crippen molar-refractivity contribution in [2.75, 3.05) is 0 Å². The van der Waals surface area contributed by atoms with Gasteiger partial charge in [0, 0.05) is 12.5 Å². The normalized spacial score (nSPS) is 46.2. The number of ether oxygens (including phenoxy) is 1. The molecule has 4 rings (SSSR count). The van der Waals surface area contributed by atoms with E-state index >= 15 is 0 Å². The van der Waals surface area contributed by atoms with E-state index in [0.29, 0.717) is 37.2 Å². The van der Waals surface area contributed by atoms with Crippen molar-refractivity contribution in [2.45, 2.75) is 118 Å². The summed E-state index contributed by atoms with van der Waals surface area (Å²) >= 11 is 0. The van der Waals surface area contributed by atoms with Gasteiger partial charge in [0.05, 0.1) is 12.2 Å². The van der Waals surface area contributed by atoms with E-state index in [1.54, 1.807) is 0 Å². The fraction of sp³-hybridized carbons (Fsp3) is 0.806. The number of allylic oxidation sites excluding steroid dienone is 2. The highest BCUT2D eigenvalue weighted by atomic mass is 16.5. The lowest BCUT2D eigenvalue weighted by Gasteiger charge is -2.69. The standard InChI is InChI=1S/C31H48O6/c1-17(2)9-8-10-20(28(35)36)26-22-15-24(34)27-29(5)13-12-23(33)18(3)21(29)11-14-30(27,6)31(22,7)16-25(26)37-19(4)32/h9,18,21-25,27,33-34H,8,10-16H2,1-7H3,(H,35,36)/t18-,21?,22+,23+,24?,25-,27?,29-,30-,31-/m0/s1. The zero-order chi connectivity index (χ0) is 27.5. The molecule has 0 radical (unpaired) electrons. The topological polar surface area (TPSA) is 104 Å². The molecule has 10 atom stereocenters. The highest BCUT2D eigenvalue weighted by molar-refractivity contribution is 5.88. The van der Waals surface area contributed by atoms with Crippen LogP contribution in [0.5, 0.6) is 0 Å². The number of aliphatic carboxylic acids is 1. The van der Waals surface area contributed by atoms with Crippen molar-refractivity contribution in [3.8, 4) is 0 Å². The van der Waals surface area contributed by atoms with Gasteiger partial charge < -0.3 is 20.1 Å². The van der Waals surface area contributed by atoms with Crippen LogP contribution >= 0.6 is 0 Å². The summed E-state index contributed by atoms with van der Waals surface area (Å²) in [4.78, 5) is 24.8. The predicted molar refractivity (Wildman–Crippen MR) is 143 cm³/mol. The SMILES string of the molecule is CC(=O)O[C@H]1C[C@@]2(C)[C@H](CC(O)C3[C@@]4(C)CC[C@@H](O)[C@@H](C)C4CC[C@@]32C)C1=C(CCC=C(C)C)C(=O)O. The first-order chi connectivity index (χ1) is 17.2. The van der Waals surface area contributed by atoms with Gasteiger partial charge in [0.1, 0.15) is 6.10 Å². The maximum Gasteiger partial charge on any atom is 0.331 e. The van der Waals surface area contributed by atoms with Gasteiger partial charge in [0.25, 0.3) is 0 Å². The molecule has 0 saturated heterocycles. The second-order valence-electron chi connectivity index (χ2n) is 13.6. The minimum atomic E-state index is -0.953. The smallest absolute Gasteiger partial charge is 0.331 e. The molecule has 4 aliphatic rings. The Hall–Kier alpha value is -1.66. The molecule has 4 aliphatic carbocycles. The number of rotatable bonds is 5. The third-order valence-corrected chi connectivity index (χ3v) is 11.6. The van der Waals surface area contributed by atoms with Crippen LogP contribution < -0.4 is 0 Å². The van der Waals surface area contributed by atoms with Gasteiger partial charge in [-0.05, 0) is 111 Å². The summed E-state index contributed by atoms with van der Waals surface area (Å²) in [5.74, 6) is -0.909. The number of hydrogen-bond acceptors (Lipinski definition) is 5. The first-order valence-corrected chi connectivity index (χ1v) is 14.3. The molecule has 0 bridgehead atoms. The largest absolute Gasteiger partial charge is 0.478 e. The lowest BCUT2D eigenvalue weighted by atomic mass is 9.36. The van der Waals surface area contributed by atoms with Gasteiger partial charge in [0.15, 0.2) is 0 Å². The van der Waals surface area contributed by atoms with E-state index in [1.165, 1.54) is 6.92 Å². The number of fused-ring (bicyclic) bond motifs is 5. The molecule has 0 aromatic carbocycles. The number of carbonyl (C=O) groups excluding carboxylic acids is 1. The quantitative estimate of drug-likeness (QED) is 0.247. The molecule has 3 unspecified atom stereocenters. The molecule has 208 valence electrons. The van der Waals surface area contributed by atoms with E-state index in [9.17, 15) is 24.9 Å². The molecule has 0 heterocycles. The van der Waals surface area contributed by atoms with Gasteiger partial charge in [-0.25, -0.2) is 4.79 Å². The van der Waals surface area contributed by atoms with Crippen molar-refractivity contribution >= 4 is 11.9 Å². The van der Waals surface area contributed by atoms with Crippen molar-refractivity contribution in [2.24, 2.45) is 39.9 Å². The zero-order valence-corrected chi connectivity index (χ0v) is 23.8. The monoisotopic (exact) mass is 516 g/mol. The second kappa shape index (κ2) is 9.82. The van der Waals surface area contributed by atoms with Crippen LogP contribution in [0.2, 0.25) is 0 Å². The van der Waals surface area contributed by atoms with E-state index in [-0.39, 0.29) is 40.1 Å². The van der Waals surface area contributed by atoms with E-state index in [4.69, 9.17) is 4.74 Å². The third kappa shape index (κ3) is 4.40. The van der Waals surface area contributed by atoms with Crippen molar-refractivity contribution in [3.63, 3.8) is 0 Å². The Morgan fingerprint density at radius 1 is 1.03 bits per heavy atom. The van der Waals surface area contributed by atoms with Crippen LogP contribution in [0.1, 0.15) is 99.8 Å². The van der Waals surface area contributed by atoms with Crippen LogP contribution in [-0.2, 0) is 14.3 Å². The van der Waals surface area contributed by atoms with Gasteiger partial charge >= 0.3 is 11.9 Å². The van der Waals surface area contributed by atoms with Crippen LogP contribution in [0.15, 0.2) is 22.8 Å². The summed E-state index contributed by atoms with van der Waals surface area (Å²) in [7, 11) is 0. The van der Waals surface area contributed by atoms with Crippen LogP contribution in [0.3, 0.4) is 0 Å². The molecule has 4 fully saturated rings. The second-order valence-corrected chi connectivity index (χ2v) is 13.6. The van der Waals surface area contributed by atoms with Crippen molar-refractivity contribution in [1.29, 1.82) is 0 Å². The highest BCUT2D eigenvalue weighted by Crippen LogP contribution is 2.74. The number of esters is 1. The van der Waals surface area contributed by atoms with E-state index in [0.717, 1.165) is 36.8 Å². The average Bonchev–Trinajstić information content (AvgIpc) is 3.05. The van der Waals surface area contributed by atoms with Crippen molar-refractivity contribution in [1.82, 2.24) is 0 Å². The number of carbonyl (C=O) groups is 2. The summed E-state index contributed by atoms with van der Waals surface area (Å²) in [6.45, 7) is 14.5.